The fourth-order valence-corrected chi connectivity index (χ4v) is 4.07. The minimum atomic E-state index is -0.0491. The molecule has 2 aromatic rings. The average Bonchev–Trinajstić information content (AvgIpc) is 3.06. The number of hydrogen-bond donors (Lipinski definition) is 1. The first-order chi connectivity index (χ1) is 9.52. The maximum Gasteiger partial charge on any atom is 0.264 e. The zero-order chi connectivity index (χ0) is 14.4. The maximum absolute atomic E-state index is 12.6. The van der Waals surface area contributed by atoms with E-state index in [0.29, 0.717) is 5.92 Å². The first-order valence-electron chi connectivity index (χ1n) is 6.88. The lowest BCUT2D eigenvalue weighted by Gasteiger charge is -2.24. The van der Waals surface area contributed by atoms with Crippen molar-refractivity contribution in [2.24, 2.45) is 13.0 Å². The maximum atomic E-state index is 12.6. The summed E-state index contributed by atoms with van der Waals surface area (Å²) in [6.07, 6.45) is 0.961. The summed E-state index contributed by atoms with van der Waals surface area (Å²) in [6.45, 7) is 4.82. The molecule has 0 spiro atoms. The molecule has 1 amide bonds. The highest BCUT2D eigenvalue weighted by molar-refractivity contribution is 7.20. The van der Waals surface area contributed by atoms with Crippen molar-refractivity contribution >= 4 is 27.5 Å². The molecule has 0 aromatic carbocycles. The summed E-state index contributed by atoms with van der Waals surface area (Å²) in [5.74, 6) is 0.399. The molecule has 2 unspecified atom stereocenters. The fraction of sp³-hybridized carbons (Fsp3) is 0.571. The van der Waals surface area contributed by atoms with Crippen molar-refractivity contribution in [3.05, 3.63) is 16.6 Å². The van der Waals surface area contributed by atoms with Crippen LogP contribution in [0.1, 0.15) is 28.7 Å². The Labute approximate surface area is 121 Å². The molecule has 0 radical (unpaired) electrons. The highest BCUT2D eigenvalue weighted by atomic mass is 32.1. The third-order valence-corrected chi connectivity index (χ3v) is 5.43. The highest BCUT2D eigenvalue weighted by Crippen LogP contribution is 2.31. The normalized spacial score (nSPS) is 22.9. The number of carbonyl (C=O) groups is 1. The summed E-state index contributed by atoms with van der Waals surface area (Å²) in [7, 11) is 1.90. The van der Waals surface area contributed by atoms with Crippen LogP contribution in [0.3, 0.4) is 0 Å². The molecular formula is C14H19N3O2S. The monoisotopic (exact) mass is 293 g/mol. The SMILES string of the molecule is Cc1nn(C)c2sc(C(=O)N3CCC(C)C3CO)cc12. The lowest BCUT2D eigenvalue weighted by molar-refractivity contribution is 0.0653. The summed E-state index contributed by atoms with van der Waals surface area (Å²) in [5, 5.41) is 14.9. The Hall–Kier alpha value is -1.40. The fourth-order valence-electron chi connectivity index (χ4n) is 2.99. The van der Waals surface area contributed by atoms with Crippen LogP contribution in [0.15, 0.2) is 6.07 Å². The van der Waals surface area contributed by atoms with Gasteiger partial charge in [0.1, 0.15) is 4.83 Å². The third-order valence-electron chi connectivity index (χ3n) is 4.24. The number of amides is 1. The van der Waals surface area contributed by atoms with Gasteiger partial charge in [0.15, 0.2) is 0 Å². The van der Waals surface area contributed by atoms with Crippen molar-refractivity contribution in [3.8, 4) is 0 Å². The topological polar surface area (TPSA) is 58.4 Å². The Morgan fingerprint density at radius 1 is 1.60 bits per heavy atom. The molecule has 108 valence electrons. The van der Waals surface area contributed by atoms with Gasteiger partial charge in [-0.2, -0.15) is 5.10 Å². The van der Waals surface area contributed by atoms with E-state index >= 15 is 0 Å². The van der Waals surface area contributed by atoms with Crippen molar-refractivity contribution in [2.75, 3.05) is 13.2 Å². The second-order valence-electron chi connectivity index (χ2n) is 5.55. The summed E-state index contributed by atoms with van der Waals surface area (Å²) >= 11 is 1.48. The summed E-state index contributed by atoms with van der Waals surface area (Å²) < 4.78 is 1.82. The highest BCUT2D eigenvalue weighted by Gasteiger charge is 2.35. The van der Waals surface area contributed by atoms with Crippen LogP contribution in [0.5, 0.6) is 0 Å². The number of hydrogen-bond acceptors (Lipinski definition) is 4. The van der Waals surface area contributed by atoms with E-state index in [1.54, 1.807) is 0 Å². The number of thiophene rings is 1. The summed E-state index contributed by atoms with van der Waals surface area (Å²) in [4.78, 5) is 16.2. The predicted molar refractivity (Wildman–Crippen MR) is 79.0 cm³/mol. The first kappa shape index (κ1) is 13.6. The van der Waals surface area contributed by atoms with Crippen molar-refractivity contribution in [2.45, 2.75) is 26.3 Å². The predicted octanol–water partition coefficient (Wildman–Crippen LogP) is 1.79. The van der Waals surface area contributed by atoms with Crippen LogP contribution < -0.4 is 0 Å². The molecule has 3 rings (SSSR count). The van der Waals surface area contributed by atoms with Crippen LogP contribution >= 0.6 is 11.3 Å². The Kier molecular flexibility index (Phi) is 3.30. The third kappa shape index (κ3) is 1.94. The number of aliphatic hydroxyl groups is 1. The number of fused-ring (bicyclic) bond motifs is 1. The molecule has 1 N–H and O–H groups in total. The van der Waals surface area contributed by atoms with Crippen molar-refractivity contribution in [1.29, 1.82) is 0 Å². The van der Waals surface area contributed by atoms with Gasteiger partial charge < -0.3 is 10.0 Å². The molecule has 1 aliphatic heterocycles. The van der Waals surface area contributed by atoms with E-state index in [1.165, 1.54) is 11.3 Å². The van der Waals surface area contributed by atoms with Gasteiger partial charge in [-0.3, -0.25) is 9.48 Å². The number of aliphatic hydroxyl groups excluding tert-OH is 1. The zero-order valence-corrected chi connectivity index (χ0v) is 12.8. The van der Waals surface area contributed by atoms with E-state index in [1.807, 2.05) is 29.6 Å². The van der Waals surface area contributed by atoms with Crippen molar-refractivity contribution < 1.29 is 9.90 Å². The van der Waals surface area contributed by atoms with Crippen LogP contribution in [0.25, 0.3) is 10.2 Å². The van der Waals surface area contributed by atoms with Gasteiger partial charge in [0.05, 0.1) is 23.2 Å². The molecule has 2 aromatic heterocycles. The zero-order valence-electron chi connectivity index (χ0n) is 12.0. The van der Waals surface area contributed by atoms with Gasteiger partial charge in [0, 0.05) is 19.0 Å². The van der Waals surface area contributed by atoms with E-state index < -0.39 is 0 Å². The second kappa shape index (κ2) is 4.86. The van der Waals surface area contributed by atoms with E-state index in [0.717, 1.165) is 33.8 Å². The van der Waals surface area contributed by atoms with Crippen LogP contribution in [0, 0.1) is 12.8 Å². The van der Waals surface area contributed by atoms with Crippen LogP contribution in [-0.4, -0.2) is 44.9 Å². The Morgan fingerprint density at radius 3 is 3.00 bits per heavy atom. The van der Waals surface area contributed by atoms with Crippen LogP contribution in [-0.2, 0) is 7.05 Å². The van der Waals surface area contributed by atoms with Crippen molar-refractivity contribution in [1.82, 2.24) is 14.7 Å². The average molecular weight is 293 g/mol. The van der Waals surface area contributed by atoms with Crippen molar-refractivity contribution in [3.63, 3.8) is 0 Å². The molecule has 2 atom stereocenters. The number of carbonyl (C=O) groups excluding carboxylic acids is 1. The van der Waals surface area contributed by atoms with Gasteiger partial charge in [0.25, 0.3) is 5.91 Å². The van der Waals surface area contributed by atoms with Gasteiger partial charge in [-0.25, -0.2) is 0 Å². The van der Waals surface area contributed by atoms with Gasteiger partial charge in [0.2, 0.25) is 0 Å². The van der Waals surface area contributed by atoms with Gasteiger partial charge in [-0.15, -0.1) is 11.3 Å². The molecule has 0 aliphatic carbocycles. The molecule has 1 aliphatic rings. The van der Waals surface area contributed by atoms with E-state index in [4.69, 9.17) is 0 Å². The van der Waals surface area contributed by atoms with Crippen LogP contribution in [0.2, 0.25) is 0 Å². The van der Waals surface area contributed by atoms with Gasteiger partial charge in [-0.1, -0.05) is 6.92 Å². The first-order valence-corrected chi connectivity index (χ1v) is 7.69. The Balaban J connectivity index is 1.94. The van der Waals surface area contributed by atoms with Gasteiger partial charge >= 0.3 is 0 Å². The molecule has 1 fully saturated rings. The van der Waals surface area contributed by atoms with E-state index in [2.05, 4.69) is 12.0 Å². The molecule has 6 heteroatoms. The molecule has 0 bridgehead atoms. The lowest BCUT2D eigenvalue weighted by atomic mass is 10.0. The van der Waals surface area contributed by atoms with Crippen LogP contribution in [0.4, 0.5) is 0 Å². The minimum Gasteiger partial charge on any atom is -0.394 e. The van der Waals surface area contributed by atoms with E-state index in [-0.39, 0.29) is 18.6 Å². The molecule has 0 saturated carbocycles. The number of rotatable bonds is 2. The standard InChI is InChI=1S/C14H19N3O2S/c1-8-4-5-17(11(8)7-18)13(19)12-6-10-9(2)15-16(3)14(10)20-12/h6,8,11,18H,4-5,7H2,1-3H3. The quantitative estimate of drug-likeness (QED) is 0.918. The second-order valence-corrected chi connectivity index (χ2v) is 6.58. The molecule has 3 heterocycles. The number of aromatic nitrogens is 2. The number of nitrogens with zero attached hydrogens (tertiary/aromatic N) is 3. The Bertz CT molecular complexity index is 626. The smallest absolute Gasteiger partial charge is 0.264 e. The minimum absolute atomic E-state index is 0.0361. The van der Waals surface area contributed by atoms with E-state index in [9.17, 15) is 9.90 Å². The molecular weight excluding hydrogens is 274 g/mol. The summed E-state index contributed by atoms with van der Waals surface area (Å²) in [6, 6.07) is 1.88. The summed E-state index contributed by atoms with van der Waals surface area (Å²) in [5.41, 5.74) is 0.950. The van der Waals surface area contributed by atoms with Gasteiger partial charge in [-0.05, 0) is 25.3 Å². The number of likely N-dealkylation sites (tertiary alicyclic amines) is 1. The Morgan fingerprint density at radius 2 is 2.35 bits per heavy atom. The number of aryl methyl sites for hydroxylation is 2. The molecule has 5 nitrogen and oxygen atoms in total. The largest absolute Gasteiger partial charge is 0.394 e. The lowest BCUT2D eigenvalue weighted by Crippen LogP contribution is -2.39. The molecule has 1 saturated heterocycles. The molecule has 20 heavy (non-hydrogen) atoms.